The lowest BCUT2D eigenvalue weighted by Gasteiger charge is -2.17. The van der Waals surface area contributed by atoms with Crippen LogP contribution >= 0.6 is 11.6 Å². The highest BCUT2D eigenvalue weighted by molar-refractivity contribution is 6.32. The summed E-state index contributed by atoms with van der Waals surface area (Å²) in [5, 5.41) is 7.00. The maximum absolute atomic E-state index is 11.8. The molecular formula is C22H27ClN2O3. The van der Waals surface area contributed by atoms with Crippen LogP contribution < -0.4 is 20.1 Å². The van der Waals surface area contributed by atoms with Gasteiger partial charge >= 0.3 is 0 Å². The molecule has 0 saturated heterocycles. The number of carbonyl (C=O) groups excluding carboxylic acids is 1. The van der Waals surface area contributed by atoms with E-state index in [1.807, 2.05) is 43.3 Å². The van der Waals surface area contributed by atoms with Crippen molar-refractivity contribution in [2.24, 2.45) is 5.92 Å². The van der Waals surface area contributed by atoms with Gasteiger partial charge in [0.2, 0.25) is 5.91 Å². The first-order valence-corrected chi connectivity index (χ1v) is 10.0. The lowest BCUT2D eigenvalue weighted by atomic mass is 10.1. The maximum Gasteiger partial charge on any atom is 0.227 e. The van der Waals surface area contributed by atoms with Crippen molar-refractivity contribution < 1.29 is 14.3 Å². The summed E-state index contributed by atoms with van der Waals surface area (Å²) in [6.07, 6.45) is 2.01. The summed E-state index contributed by atoms with van der Waals surface area (Å²) in [4.78, 5) is 11.8. The summed E-state index contributed by atoms with van der Waals surface area (Å²) in [5.74, 6) is 1.54. The second-order valence-electron chi connectivity index (χ2n) is 7.03. The van der Waals surface area contributed by atoms with Crippen LogP contribution in [0, 0.1) is 5.92 Å². The summed E-state index contributed by atoms with van der Waals surface area (Å²) in [6, 6.07) is 11.9. The Kier molecular flexibility index (Phi) is 6.81. The number of ether oxygens (including phenoxy) is 2. The van der Waals surface area contributed by atoms with Gasteiger partial charge in [-0.3, -0.25) is 4.79 Å². The molecule has 1 atom stereocenters. The second-order valence-corrected chi connectivity index (χ2v) is 7.44. The van der Waals surface area contributed by atoms with Crippen LogP contribution in [0.1, 0.15) is 43.9 Å². The van der Waals surface area contributed by atoms with E-state index in [4.69, 9.17) is 21.1 Å². The predicted molar refractivity (Wildman–Crippen MR) is 112 cm³/mol. The van der Waals surface area contributed by atoms with Crippen LogP contribution in [-0.2, 0) is 11.3 Å². The van der Waals surface area contributed by atoms with Gasteiger partial charge < -0.3 is 20.1 Å². The number of anilines is 1. The standard InChI is InChI=1S/C22H27ClN2O3/c1-4-28-21-19(23)11-15(12-20(21)27-3)13-24-14(2)16-7-9-18(10-8-16)25-22(26)17-5-6-17/h7-12,14,17,24H,4-6,13H2,1-3H3,(H,25,26). The molecule has 0 bridgehead atoms. The van der Waals surface area contributed by atoms with Gasteiger partial charge in [-0.15, -0.1) is 0 Å². The smallest absolute Gasteiger partial charge is 0.227 e. The number of nitrogens with one attached hydrogen (secondary N) is 2. The molecule has 0 heterocycles. The van der Waals surface area contributed by atoms with Crippen LogP contribution in [0.5, 0.6) is 11.5 Å². The Labute approximate surface area is 171 Å². The zero-order chi connectivity index (χ0) is 20.1. The van der Waals surface area contributed by atoms with Crippen molar-refractivity contribution in [2.75, 3.05) is 19.0 Å². The van der Waals surface area contributed by atoms with Gasteiger partial charge in [0.1, 0.15) is 0 Å². The van der Waals surface area contributed by atoms with Crippen molar-refractivity contribution in [3.05, 3.63) is 52.5 Å². The largest absolute Gasteiger partial charge is 0.493 e. The minimum Gasteiger partial charge on any atom is -0.493 e. The van der Waals surface area contributed by atoms with Gasteiger partial charge in [-0.1, -0.05) is 23.7 Å². The molecule has 3 rings (SSSR count). The summed E-state index contributed by atoms with van der Waals surface area (Å²) in [7, 11) is 1.61. The molecule has 0 aromatic heterocycles. The number of benzene rings is 2. The topological polar surface area (TPSA) is 59.6 Å². The van der Waals surface area contributed by atoms with Crippen molar-refractivity contribution in [3.8, 4) is 11.5 Å². The van der Waals surface area contributed by atoms with E-state index in [1.54, 1.807) is 7.11 Å². The SMILES string of the molecule is CCOc1c(Cl)cc(CNC(C)c2ccc(NC(=O)C3CC3)cc2)cc1OC. The Morgan fingerprint density at radius 3 is 2.57 bits per heavy atom. The molecule has 1 amide bonds. The molecule has 1 aliphatic rings. The fourth-order valence-corrected chi connectivity index (χ4v) is 3.28. The predicted octanol–water partition coefficient (Wildman–Crippen LogP) is 4.95. The molecule has 0 spiro atoms. The van der Waals surface area contributed by atoms with Gasteiger partial charge in [-0.05, 0) is 62.1 Å². The number of carbonyl (C=O) groups is 1. The molecule has 1 unspecified atom stereocenters. The second kappa shape index (κ2) is 9.30. The third kappa shape index (κ3) is 5.18. The van der Waals surface area contributed by atoms with E-state index >= 15 is 0 Å². The minimum atomic E-state index is 0.125. The van der Waals surface area contributed by atoms with Crippen LogP contribution in [0.4, 0.5) is 5.69 Å². The van der Waals surface area contributed by atoms with E-state index in [0.717, 1.165) is 29.7 Å². The Morgan fingerprint density at radius 2 is 1.96 bits per heavy atom. The van der Waals surface area contributed by atoms with Crippen molar-refractivity contribution >= 4 is 23.2 Å². The molecule has 2 N–H and O–H groups in total. The van der Waals surface area contributed by atoms with Crippen molar-refractivity contribution in [1.82, 2.24) is 5.32 Å². The number of hydrogen-bond donors (Lipinski definition) is 2. The highest BCUT2D eigenvalue weighted by Crippen LogP contribution is 2.36. The van der Waals surface area contributed by atoms with Crippen LogP contribution in [0.3, 0.4) is 0 Å². The van der Waals surface area contributed by atoms with E-state index < -0.39 is 0 Å². The Balaban J connectivity index is 1.59. The third-order valence-electron chi connectivity index (χ3n) is 4.82. The average Bonchev–Trinajstić information content (AvgIpc) is 3.54. The number of rotatable bonds is 9. The lowest BCUT2D eigenvalue weighted by molar-refractivity contribution is -0.117. The average molecular weight is 403 g/mol. The minimum absolute atomic E-state index is 0.125. The molecule has 28 heavy (non-hydrogen) atoms. The zero-order valence-electron chi connectivity index (χ0n) is 16.5. The summed E-state index contributed by atoms with van der Waals surface area (Å²) in [5.41, 5.74) is 3.01. The first-order valence-electron chi connectivity index (χ1n) is 9.65. The fourth-order valence-electron chi connectivity index (χ4n) is 2.99. The lowest BCUT2D eigenvalue weighted by Crippen LogP contribution is -2.18. The van der Waals surface area contributed by atoms with E-state index in [9.17, 15) is 4.79 Å². The first kappa shape index (κ1) is 20.5. The Bertz CT molecular complexity index is 819. The Morgan fingerprint density at radius 1 is 1.25 bits per heavy atom. The highest BCUT2D eigenvalue weighted by Gasteiger charge is 2.29. The number of amides is 1. The van der Waals surface area contributed by atoms with Gasteiger partial charge in [-0.25, -0.2) is 0 Å². The quantitative estimate of drug-likeness (QED) is 0.623. The molecule has 1 fully saturated rings. The van der Waals surface area contributed by atoms with Crippen LogP contribution in [0.25, 0.3) is 0 Å². The van der Waals surface area contributed by atoms with Crippen LogP contribution in [-0.4, -0.2) is 19.6 Å². The van der Waals surface area contributed by atoms with Crippen molar-refractivity contribution in [1.29, 1.82) is 0 Å². The maximum atomic E-state index is 11.8. The van der Waals surface area contributed by atoms with Crippen LogP contribution in [0.2, 0.25) is 5.02 Å². The monoisotopic (exact) mass is 402 g/mol. The molecule has 1 saturated carbocycles. The van der Waals surface area contributed by atoms with Gasteiger partial charge in [-0.2, -0.15) is 0 Å². The fraction of sp³-hybridized carbons (Fsp3) is 0.409. The molecule has 1 aliphatic carbocycles. The number of methoxy groups -OCH3 is 1. The molecule has 0 radical (unpaired) electrons. The number of halogens is 1. The molecular weight excluding hydrogens is 376 g/mol. The molecule has 2 aromatic carbocycles. The van der Waals surface area contributed by atoms with E-state index in [2.05, 4.69) is 17.6 Å². The molecule has 2 aromatic rings. The summed E-state index contributed by atoms with van der Waals surface area (Å²) in [6.45, 7) is 5.19. The Hall–Kier alpha value is -2.24. The van der Waals surface area contributed by atoms with Gasteiger partial charge in [0, 0.05) is 24.2 Å². The van der Waals surface area contributed by atoms with Gasteiger partial charge in [0.15, 0.2) is 11.5 Å². The number of hydrogen-bond acceptors (Lipinski definition) is 4. The van der Waals surface area contributed by atoms with Crippen molar-refractivity contribution in [2.45, 2.75) is 39.3 Å². The summed E-state index contributed by atoms with van der Waals surface area (Å²) < 4.78 is 11.0. The zero-order valence-corrected chi connectivity index (χ0v) is 17.3. The van der Waals surface area contributed by atoms with E-state index in [-0.39, 0.29) is 17.9 Å². The van der Waals surface area contributed by atoms with Gasteiger partial charge in [0.25, 0.3) is 0 Å². The van der Waals surface area contributed by atoms with Crippen LogP contribution in [0.15, 0.2) is 36.4 Å². The summed E-state index contributed by atoms with van der Waals surface area (Å²) >= 11 is 6.34. The highest BCUT2D eigenvalue weighted by atomic mass is 35.5. The van der Waals surface area contributed by atoms with Gasteiger partial charge in [0.05, 0.1) is 18.7 Å². The first-order chi connectivity index (χ1) is 13.5. The van der Waals surface area contributed by atoms with Crippen molar-refractivity contribution in [3.63, 3.8) is 0 Å². The molecule has 0 aliphatic heterocycles. The normalized spacial score (nSPS) is 14.4. The third-order valence-corrected chi connectivity index (χ3v) is 5.10. The molecule has 6 heteroatoms. The van der Waals surface area contributed by atoms with E-state index in [0.29, 0.717) is 29.7 Å². The van der Waals surface area contributed by atoms with E-state index in [1.165, 1.54) is 0 Å². The molecule has 150 valence electrons. The molecule has 5 nitrogen and oxygen atoms in total.